The fourth-order valence-corrected chi connectivity index (χ4v) is 5.77. The molecule has 0 amide bonds. The highest BCUT2D eigenvalue weighted by Crippen LogP contribution is 2.14. The molecule has 0 aliphatic rings. The second-order valence-corrected chi connectivity index (χ2v) is 12.9. The Balaban J connectivity index is 3.02. The maximum absolute atomic E-state index is 5.78. The van der Waals surface area contributed by atoms with Gasteiger partial charge in [-0.2, -0.15) is 0 Å². The van der Waals surface area contributed by atoms with Crippen molar-refractivity contribution in [2.24, 2.45) is 0 Å². The zero-order valence-corrected chi connectivity index (χ0v) is 28.8. The van der Waals surface area contributed by atoms with Crippen molar-refractivity contribution >= 4 is 0 Å². The Morgan fingerprint density at radius 2 is 0.488 bits per heavy atom. The second-order valence-electron chi connectivity index (χ2n) is 12.9. The SMILES string of the molecule is CCCCCCCCCCCCCCCCCOCCNCCOCCCCCCCCCCCCCCCCC. The molecule has 0 heterocycles. The third-order valence-electron chi connectivity index (χ3n) is 8.63. The zero-order valence-electron chi connectivity index (χ0n) is 28.8. The first-order valence-corrected chi connectivity index (χ1v) is 19.3. The van der Waals surface area contributed by atoms with Crippen molar-refractivity contribution in [3.05, 3.63) is 0 Å². The van der Waals surface area contributed by atoms with Crippen LogP contribution in [0.1, 0.15) is 206 Å². The Bertz CT molecular complexity index is 392. The standard InChI is InChI=1S/C38H79NO2/c1-3-5-7-9-11-13-15-17-19-21-23-25-27-29-31-35-40-37-33-39-34-38-41-36-32-30-28-26-24-22-20-18-16-14-12-10-8-6-4-2/h39H,3-38H2,1-2H3. The van der Waals surface area contributed by atoms with Crippen molar-refractivity contribution < 1.29 is 9.47 Å². The average Bonchev–Trinajstić information content (AvgIpc) is 2.98. The van der Waals surface area contributed by atoms with E-state index in [1.807, 2.05) is 0 Å². The van der Waals surface area contributed by atoms with E-state index in [1.54, 1.807) is 0 Å². The van der Waals surface area contributed by atoms with E-state index in [9.17, 15) is 0 Å². The molecule has 0 unspecified atom stereocenters. The minimum Gasteiger partial charge on any atom is -0.380 e. The first-order valence-electron chi connectivity index (χ1n) is 19.3. The summed E-state index contributed by atoms with van der Waals surface area (Å²) in [5.41, 5.74) is 0. The van der Waals surface area contributed by atoms with Crippen LogP contribution >= 0.6 is 0 Å². The highest BCUT2D eigenvalue weighted by atomic mass is 16.5. The Hall–Kier alpha value is -0.120. The van der Waals surface area contributed by atoms with E-state index in [4.69, 9.17) is 9.47 Å². The minimum absolute atomic E-state index is 0.831. The third kappa shape index (κ3) is 39.9. The molecular weight excluding hydrogens is 502 g/mol. The van der Waals surface area contributed by atoms with E-state index in [0.717, 1.165) is 39.5 Å². The molecule has 248 valence electrons. The van der Waals surface area contributed by atoms with Crippen LogP contribution in [0.3, 0.4) is 0 Å². The van der Waals surface area contributed by atoms with E-state index >= 15 is 0 Å². The summed E-state index contributed by atoms with van der Waals surface area (Å²) in [6.45, 7) is 10.0. The first kappa shape index (κ1) is 40.9. The largest absolute Gasteiger partial charge is 0.380 e. The maximum Gasteiger partial charge on any atom is 0.0590 e. The Morgan fingerprint density at radius 3 is 0.732 bits per heavy atom. The van der Waals surface area contributed by atoms with Crippen LogP contribution < -0.4 is 5.32 Å². The fraction of sp³-hybridized carbons (Fsp3) is 1.00. The van der Waals surface area contributed by atoms with Gasteiger partial charge in [0, 0.05) is 26.3 Å². The predicted octanol–water partition coefficient (Wildman–Crippen LogP) is 12.4. The van der Waals surface area contributed by atoms with Crippen molar-refractivity contribution in [1.29, 1.82) is 0 Å². The molecule has 0 spiro atoms. The Kier molecular flexibility index (Phi) is 39.8. The predicted molar refractivity (Wildman–Crippen MR) is 184 cm³/mol. The Labute approximate surface area is 260 Å². The van der Waals surface area contributed by atoms with Gasteiger partial charge in [-0.1, -0.05) is 194 Å². The number of hydrogen-bond acceptors (Lipinski definition) is 3. The van der Waals surface area contributed by atoms with Crippen molar-refractivity contribution in [2.75, 3.05) is 39.5 Å². The van der Waals surface area contributed by atoms with Gasteiger partial charge in [0.25, 0.3) is 0 Å². The van der Waals surface area contributed by atoms with Crippen molar-refractivity contribution in [1.82, 2.24) is 5.32 Å². The molecule has 0 aromatic carbocycles. The molecule has 0 aliphatic heterocycles. The molecule has 3 heteroatoms. The fourth-order valence-electron chi connectivity index (χ4n) is 5.77. The van der Waals surface area contributed by atoms with Gasteiger partial charge in [0.1, 0.15) is 0 Å². The maximum atomic E-state index is 5.78. The summed E-state index contributed by atoms with van der Waals surface area (Å²) in [4.78, 5) is 0. The quantitative estimate of drug-likeness (QED) is 0.0735. The van der Waals surface area contributed by atoms with Crippen molar-refractivity contribution in [3.63, 3.8) is 0 Å². The van der Waals surface area contributed by atoms with Crippen LogP contribution in [0.2, 0.25) is 0 Å². The summed E-state index contributed by atoms with van der Waals surface area (Å²) in [5.74, 6) is 0. The lowest BCUT2D eigenvalue weighted by atomic mass is 10.0. The van der Waals surface area contributed by atoms with Crippen LogP contribution in [0.15, 0.2) is 0 Å². The van der Waals surface area contributed by atoms with Gasteiger partial charge in [0.2, 0.25) is 0 Å². The molecule has 0 fully saturated rings. The van der Waals surface area contributed by atoms with Gasteiger partial charge in [-0.25, -0.2) is 0 Å². The smallest absolute Gasteiger partial charge is 0.0590 e. The summed E-state index contributed by atoms with van der Waals surface area (Å²) < 4.78 is 11.6. The van der Waals surface area contributed by atoms with Gasteiger partial charge in [-0.3, -0.25) is 0 Å². The summed E-state index contributed by atoms with van der Waals surface area (Å²) >= 11 is 0. The van der Waals surface area contributed by atoms with E-state index in [1.165, 1.54) is 193 Å². The lowest BCUT2D eigenvalue weighted by molar-refractivity contribution is 0.117. The minimum atomic E-state index is 0.831. The molecule has 1 N–H and O–H groups in total. The molecule has 0 rings (SSSR count). The van der Waals surface area contributed by atoms with Crippen molar-refractivity contribution in [3.8, 4) is 0 Å². The molecule has 0 aromatic heterocycles. The number of rotatable bonds is 38. The number of ether oxygens (including phenoxy) is 2. The van der Waals surface area contributed by atoms with Gasteiger partial charge in [-0.05, 0) is 12.8 Å². The summed E-state index contributed by atoms with van der Waals surface area (Å²) in [6.07, 6.45) is 42.5. The van der Waals surface area contributed by atoms with E-state index in [-0.39, 0.29) is 0 Å². The van der Waals surface area contributed by atoms with E-state index in [2.05, 4.69) is 19.2 Å². The normalized spacial score (nSPS) is 11.6. The number of hydrogen-bond donors (Lipinski definition) is 1. The summed E-state index contributed by atoms with van der Waals surface area (Å²) in [5, 5.41) is 3.44. The average molecular weight is 582 g/mol. The summed E-state index contributed by atoms with van der Waals surface area (Å²) in [7, 11) is 0. The molecule has 41 heavy (non-hydrogen) atoms. The van der Waals surface area contributed by atoms with Crippen LogP contribution in [-0.4, -0.2) is 39.5 Å². The highest BCUT2D eigenvalue weighted by molar-refractivity contribution is 4.52. The van der Waals surface area contributed by atoms with Gasteiger partial charge >= 0.3 is 0 Å². The van der Waals surface area contributed by atoms with Crippen LogP contribution in [0.5, 0.6) is 0 Å². The highest BCUT2D eigenvalue weighted by Gasteiger charge is 1.97. The van der Waals surface area contributed by atoms with Gasteiger partial charge in [-0.15, -0.1) is 0 Å². The molecule has 0 bridgehead atoms. The van der Waals surface area contributed by atoms with Crippen molar-refractivity contribution in [2.45, 2.75) is 206 Å². The second kappa shape index (κ2) is 39.9. The molecule has 0 saturated heterocycles. The van der Waals surface area contributed by atoms with Gasteiger partial charge < -0.3 is 14.8 Å². The Morgan fingerprint density at radius 1 is 0.268 bits per heavy atom. The van der Waals surface area contributed by atoms with Gasteiger partial charge in [0.05, 0.1) is 13.2 Å². The topological polar surface area (TPSA) is 30.5 Å². The molecule has 0 aliphatic carbocycles. The molecule has 0 radical (unpaired) electrons. The molecule has 0 aromatic rings. The van der Waals surface area contributed by atoms with Crippen LogP contribution in [-0.2, 0) is 9.47 Å². The monoisotopic (exact) mass is 582 g/mol. The van der Waals surface area contributed by atoms with Crippen LogP contribution in [0, 0.1) is 0 Å². The summed E-state index contributed by atoms with van der Waals surface area (Å²) in [6, 6.07) is 0. The first-order chi connectivity index (χ1) is 20.4. The third-order valence-corrected chi connectivity index (χ3v) is 8.63. The molecular formula is C38H79NO2. The van der Waals surface area contributed by atoms with E-state index < -0.39 is 0 Å². The molecule has 3 nitrogen and oxygen atoms in total. The van der Waals surface area contributed by atoms with Crippen LogP contribution in [0.4, 0.5) is 0 Å². The number of nitrogens with one attached hydrogen (secondary N) is 1. The van der Waals surface area contributed by atoms with Crippen LogP contribution in [0.25, 0.3) is 0 Å². The van der Waals surface area contributed by atoms with Gasteiger partial charge in [0.15, 0.2) is 0 Å². The number of unbranched alkanes of at least 4 members (excludes halogenated alkanes) is 28. The lowest BCUT2D eigenvalue weighted by Crippen LogP contribution is -2.24. The molecule has 0 atom stereocenters. The zero-order chi connectivity index (χ0) is 29.6. The molecule has 0 saturated carbocycles. The van der Waals surface area contributed by atoms with E-state index in [0.29, 0.717) is 0 Å². The lowest BCUT2D eigenvalue weighted by Gasteiger charge is -2.07.